The van der Waals surface area contributed by atoms with Gasteiger partial charge in [-0.25, -0.2) is 4.68 Å². The first kappa shape index (κ1) is 11.8. The Hall–Kier alpha value is -1.03. The predicted octanol–water partition coefficient (Wildman–Crippen LogP) is 3.20. The Morgan fingerprint density at radius 3 is 2.95 bits per heavy atom. The molecule has 4 atom stereocenters. The molecule has 0 amide bonds. The van der Waals surface area contributed by atoms with Crippen LogP contribution in [0.3, 0.4) is 0 Å². The van der Waals surface area contributed by atoms with Crippen molar-refractivity contribution < 1.29 is 4.74 Å². The third-order valence-corrected chi connectivity index (χ3v) is 5.19. The molecule has 104 valence electrons. The quantitative estimate of drug-likeness (QED) is 0.843. The molecule has 3 aliphatic rings. The number of rotatable bonds is 1. The fourth-order valence-corrected chi connectivity index (χ4v) is 4.10. The summed E-state index contributed by atoms with van der Waals surface area (Å²) in [6.07, 6.45) is 6.87. The Bertz CT molecular complexity index is 496. The van der Waals surface area contributed by atoms with Crippen LogP contribution in [-0.2, 0) is 4.74 Å². The third-order valence-electron chi connectivity index (χ3n) is 5.19. The van der Waals surface area contributed by atoms with Gasteiger partial charge in [0, 0.05) is 12.1 Å². The third kappa shape index (κ3) is 1.72. The van der Waals surface area contributed by atoms with E-state index in [2.05, 4.69) is 23.8 Å². The molecule has 4 rings (SSSR count). The highest BCUT2D eigenvalue weighted by molar-refractivity contribution is 5.49. The Morgan fingerprint density at radius 2 is 2.16 bits per heavy atom. The van der Waals surface area contributed by atoms with Gasteiger partial charge in [0.25, 0.3) is 0 Å². The number of nitrogens with zero attached hydrogens (tertiary/aromatic N) is 2. The van der Waals surface area contributed by atoms with Crippen molar-refractivity contribution in [2.24, 2.45) is 5.92 Å². The SMILES string of the molecule is Cc1c(C2CCC(C)O2)nn2c1NCC1CCCC12. The molecule has 0 radical (unpaired) electrons. The van der Waals surface area contributed by atoms with Crippen LogP contribution in [0.2, 0.25) is 0 Å². The summed E-state index contributed by atoms with van der Waals surface area (Å²) in [4.78, 5) is 0. The smallest absolute Gasteiger partial charge is 0.127 e. The van der Waals surface area contributed by atoms with Crippen molar-refractivity contribution in [3.8, 4) is 0 Å². The summed E-state index contributed by atoms with van der Waals surface area (Å²) in [5, 5.41) is 8.54. The van der Waals surface area contributed by atoms with Gasteiger partial charge in [-0.2, -0.15) is 5.10 Å². The minimum Gasteiger partial charge on any atom is -0.370 e. The number of fused-ring (bicyclic) bond motifs is 3. The zero-order valence-electron chi connectivity index (χ0n) is 11.9. The van der Waals surface area contributed by atoms with Crippen molar-refractivity contribution in [3.63, 3.8) is 0 Å². The Balaban J connectivity index is 1.71. The topological polar surface area (TPSA) is 39.1 Å². The average Bonchev–Trinajstić information content (AvgIpc) is 3.07. The maximum Gasteiger partial charge on any atom is 0.127 e. The van der Waals surface area contributed by atoms with Gasteiger partial charge in [0.1, 0.15) is 11.9 Å². The maximum atomic E-state index is 6.01. The van der Waals surface area contributed by atoms with Crippen LogP contribution >= 0.6 is 0 Å². The zero-order chi connectivity index (χ0) is 13.0. The predicted molar refractivity (Wildman–Crippen MR) is 74.4 cm³/mol. The molecule has 0 bridgehead atoms. The second kappa shape index (κ2) is 4.23. The molecule has 1 saturated heterocycles. The molecule has 1 aromatic heterocycles. The van der Waals surface area contributed by atoms with Crippen molar-refractivity contribution in [2.75, 3.05) is 11.9 Å². The van der Waals surface area contributed by atoms with Crippen molar-refractivity contribution in [1.29, 1.82) is 0 Å². The highest BCUT2D eigenvalue weighted by atomic mass is 16.5. The van der Waals surface area contributed by atoms with Gasteiger partial charge in [-0.1, -0.05) is 6.42 Å². The summed E-state index contributed by atoms with van der Waals surface area (Å²) < 4.78 is 8.29. The van der Waals surface area contributed by atoms with E-state index in [-0.39, 0.29) is 6.10 Å². The van der Waals surface area contributed by atoms with Gasteiger partial charge in [-0.3, -0.25) is 0 Å². The van der Waals surface area contributed by atoms with E-state index in [0.29, 0.717) is 12.1 Å². The number of anilines is 1. The Morgan fingerprint density at radius 1 is 1.26 bits per heavy atom. The van der Waals surface area contributed by atoms with E-state index in [0.717, 1.165) is 25.3 Å². The first-order chi connectivity index (χ1) is 9.24. The van der Waals surface area contributed by atoms with Crippen LogP contribution < -0.4 is 5.32 Å². The Kier molecular flexibility index (Phi) is 2.62. The molecule has 19 heavy (non-hydrogen) atoms. The van der Waals surface area contributed by atoms with Crippen molar-refractivity contribution in [3.05, 3.63) is 11.3 Å². The first-order valence-electron chi connectivity index (χ1n) is 7.72. The molecule has 1 aliphatic carbocycles. The van der Waals surface area contributed by atoms with Crippen LogP contribution in [0.4, 0.5) is 5.82 Å². The van der Waals surface area contributed by atoms with E-state index >= 15 is 0 Å². The highest BCUT2D eigenvalue weighted by Crippen LogP contribution is 2.44. The van der Waals surface area contributed by atoms with Crippen LogP contribution in [0, 0.1) is 12.8 Å². The molecule has 2 aliphatic heterocycles. The molecule has 0 spiro atoms. The molecule has 1 aromatic rings. The van der Waals surface area contributed by atoms with E-state index in [1.807, 2.05) is 0 Å². The van der Waals surface area contributed by atoms with Crippen molar-refractivity contribution >= 4 is 5.82 Å². The minimum atomic E-state index is 0.217. The lowest BCUT2D eigenvalue weighted by atomic mass is 10.0. The number of hydrogen-bond acceptors (Lipinski definition) is 3. The normalized spacial score (nSPS) is 36.9. The fraction of sp³-hybridized carbons (Fsp3) is 0.800. The second-order valence-electron chi connectivity index (χ2n) is 6.46. The van der Waals surface area contributed by atoms with E-state index in [4.69, 9.17) is 9.84 Å². The molecule has 2 fully saturated rings. The van der Waals surface area contributed by atoms with Crippen molar-refractivity contribution in [1.82, 2.24) is 9.78 Å². The highest BCUT2D eigenvalue weighted by Gasteiger charge is 2.37. The van der Waals surface area contributed by atoms with E-state index in [9.17, 15) is 0 Å². The number of aromatic nitrogens is 2. The summed E-state index contributed by atoms with van der Waals surface area (Å²) in [5.41, 5.74) is 2.49. The largest absolute Gasteiger partial charge is 0.370 e. The monoisotopic (exact) mass is 261 g/mol. The summed E-state index contributed by atoms with van der Waals surface area (Å²) in [7, 11) is 0. The van der Waals surface area contributed by atoms with E-state index in [1.54, 1.807) is 0 Å². The van der Waals surface area contributed by atoms with Crippen molar-refractivity contribution in [2.45, 2.75) is 64.2 Å². The van der Waals surface area contributed by atoms with Gasteiger partial charge >= 0.3 is 0 Å². The van der Waals surface area contributed by atoms with Crippen LogP contribution in [-0.4, -0.2) is 22.4 Å². The average molecular weight is 261 g/mol. The minimum absolute atomic E-state index is 0.217. The van der Waals surface area contributed by atoms with Gasteiger partial charge < -0.3 is 10.1 Å². The summed E-state index contributed by atoms with van der Waals surface area (Å²) in [5.74, 6) is 2.03. The fourth-order valence-electron chi connectivity index (χ4n) is 4.10. The van der Waals surface area contributed by atoms with Crippen LogP contribution in [0.5, 0.6) is 0 Å². The van der Waals surface area contributed by atoms with Crippen LogP contribution in [0.15, 0.2) is 0 Å². The lowest BCUT2D eigenvalue weighted by Gasteiger charge is -2.28. The number of ether oxygens (including phenoxy) is 1. The number of nitrogens with one attached hydrogen (secondary N) is 1. The summed E-state index contributed by atoms with van der Waals surface area (Å²) >= 11 is 0. The molecule has 1 saturated carbocycles. The first-order valence-corrected chi connectivity index (χ1v) is 7.72. The Labute approximate surface area is 114 Å². The van der Waals surface area contributed by atoms with Gasteiger partial charge in [0.2, 0.25) is 0 Å². The number of hydrogen-bond donors (Lipinski definition) is 1. The molecular weight excluding hydrogens is 238 g/mol. The van der Waals surface area contributed by atoms with Gasteiger partial charge in [-0.15, -0.1) is 0 Å². The van der Waals surface area contributed by atoms with E-state index in [1.165, 1.54) is 36.3 Å². The standard InChI is InChI=1S/C15H23N3O/c1-9-6-7-13(19-9)14-10(2)15-16-8-11-4-3-5-12(11)18(15)17-14/h9,11-13,16H,3-8H2,1-2H3. The van der Waals surface area contributed by atoms with E-state index < -0.39 is 0 Å². The molecule has 0 aromatic carbocycles. The summed E-state index contributed by atoms with van der Waals surface area (Å²) in [6.45, 7) is 5.48. The van der Waals surface area contributed by atoms with Gasteiger partial charge in [-0.05, 0) is 45.4 Å². The lowest BCUT2D eigenvalue weighted by Crippen LogP contribution is -2.29. The molecule has 4 unspecified atom stereocenters. The summed E-state index contributed by atoms with van der Waals surface area (Å²) in [6, 6.07) is 0.627. The second-order valence-corrected chi connectivity index (χ2v) is 6.46. The molecular formula is C15H23N3O. The van der Waals surface area contributed by atoms with Gasteiger partial charge in [0.15, 0.2) is 0 Å². The van der Waals surface area contributed by atoms with Crippen LogP contribution in [0.1, 0.15) is 62.4 Å². The molecule has 3 heterocycles. The molecule has 4 nitrogen and oxygen atoms in total. The van der Waals surface area contributed by atoms with Gasteiger partial charge in [0.05, 0.1) is 17.8 Å². The zero-order valence-corrected chi connectivity index (χ0v) is 11.9. The lowest BCUT2D eigenvalue weighted by molar-refractivity contribution is 0.0521. The van der Waals surface area contributed by atoms with Crippen LogP contribution in [0.25, 0.3) is 0 Å². The molecule has 1 N–H and O–H groups in total. The maximum absolute atomic E-state index is 6.01. The molecule has 4 heteroatoms.